The number of nitrogens with two attached hydrogens (primary N) is 1. The van der Waals surface area contributed by atoms with Crippen molar-refractivity contribution >= 4 is 35.5 Å². The minimum Gasteiger partial charge on any atom is -0.497 e. The normalized spacial score (nSPS) is 25.6. The van der Waals surface area contributed by atoms with E-state index in [4.69, 9.17) is 10.5 Å². The Morgan fingerprint density at radius 2 is 1.82 bits per heavy atom. The van der Waals surface area contributed by atoms with Crippen LogP contribution in [0.5, 0.6) is 5.75 Å². The maximum Gasteiger partial charge on any atom is 0.248 e. The highest BCUT2D eigenvalue weighted by molar-refractivity contribution is 7.78. The van der Waals surface area contributed by atoms with Crippen LogP contribution in [-0.4, -0.2) is 73.1 Å². The number of methoxy groups -OCH3 is 1. The van der Waals surface area contributed by atoms with Crippen molar-refractivity contribution in [1.29, 1.82) is 0 Å². The fraction of sp³-hybridized carbons (Fsp3) is 0.556. The molecule has 3 heterocycles. The lowest BCUT2D eigenvalue weighted by molar-refractivity contribution is -0.140. The lowest BCUT2D eigenvalue weighted by Gasteiger charge is -2.34. The van der Waals surface area contributed by atoms with Gasteiger partial charge in [0.25, 0.3) is 0 Å². The van der Waals surface area contributed by atoms with Crippen LogP contribution >= 0.6 is 12.8 Å². The molecule has 7 rings (SSSR count). The number of amides is 2. The Kier molecular flexibility index (Phi) is 8.98. The number of thiol groups is 1. The molecule has 2 aliphatic carbocycles. The van der Waals surface area contributed by atoms with E-state index < -0.39 is 11.3 Å². The average molecular weight is 632 g/mol. The topological polar surface area (TPSA) is 92.8 Å². The first-order valence-electron chi connectivity index (χ1n) is 16.6. The molecule has 4 aliphatic rings. The molecule has 1 saturated heterocycles. The molecule has 8 nitrogen and oxygen atoms in total. The number of hydrogen-bond acceptors (Lipinski definition) is 6. The van der Waals surface area contributed by atoms with E-state index in [1.165, 1.54) is 59.9 Å². The molecule has 242 valence electrons. The zero-order valence-corrected chi connectivity index (χ0v) is 28.3. The van der Waals surface area contributed by atoms with Gasteiger partial charge in [0.15, 0.2) is 0 Å². The minimum atomic E-state index is -0.520. The number of aromatic nitrogens is 1. The molecule has 0 radical (unpaired) electrons. The predicted molar refractivity (Wildman–Crippen MR) is 184 cm³/mol. The highest BCUT2D eigenvalue weighted by atomic mass is 32.1. The third-order valence-electron chi connectivity index (χ3n) is 10.8. The molecule has 2 aromatic carbocycles. The maximum atomic E-state index is 14.9. The molecule has 1 aromatic heterocycles. The van der Waals surface area contributed by atoms with Crippen molar-refractivity contribution in [2.24, 2.45) is 11.1 Å². The van der Waals surface area contributed by atoms with Gasteiger partial charge in [0, 0.05) is 53.1 Å². The van der Waals surface area contributed by atoms with Gasteiger partial charge in [0.05, 0.1) is 18.2 Å². The molecule has 2 amide bonds. The van der Waals surface area contributed by atoms with Crippen LogP contribution in [0.2, 0.25) is 0 Å². The summed E-state index contributed by atoms with van der Waals surface area (Å²) < 4.78 is 10.6. The first-order chi connectivity index (χ1) is 21.6. The van der Waals surface area contributed by atoms with E-state index in [1.54, 1.807) is 14.2 Å². The quantitative estimate of drug-likeness (QED) is 0.293. The molecule has 2 saturated carbocycles. The van der Waals surface area contributed by atoms with Crippen LogP contribution in [0.4, 0.5) is 0 Å². The molecule has 4 atom stereocenters. The maximum absolute atomic E-state index is 14.9. The van der Waals surface area contributed by atoms with Crippen molar-refractivity contribution in [2.75, 3.05) is 34.8 Å². The lowest BCUT2D eigenvalue weighted by Crippen LogP contribution is -2.48. The Labute approximate surface area is 273 Å². The van der Waals surface area contributed by atoms with E-state index in [0.29, 0.717) is 18.0 Å². The molecule has 0 bridgehead atoms. The van der Waals surface area contributed by atoms with E-state index in [1.807, 2.05) is 12.1 Å². The van der Waals surface area contributed by atoms with Crippen molar-refractivity contribution in [3.63, 3.8) is 0 Å². The number of nitrogens with one attached hydrogen (secondary N) is 1. The van der Waals surface area contributed by atoms with Gasteiger partial charge in [0.2, 0.25) is 11.8 Å². The third kappa shape index (κ3) is 5.55. The fourth-order valence-corrected chi connectivity index (χ4v) is 8.73. The molecule has 9 heteroatoms. The Bertz CT molecular complexity index is 1590. The van der Waals surface area contributed by atoms with E-state index in [0.717, 1.165) is 37.1 Å². The molecule has 2 aliphatic heterocycles. The second-order valence-corrected chi connectivity index (χ2v) is 14.4. The summed E-state index contributed by atoms with van der Waals surface area (Å²) >= 11 is 3.54. The molecule has 3 aromatic rings. The number of carbonyl (C=O) groups excluding carboxylic acids is 2. The average Bonchev–Trinajstić information content (AvgIpc) is 3.56. The fourth-order valence-electron chi connectivity index (χ4n) is 8.73. The molecule has 3 fully saturated rings. The highest BCUT2D eigenvalue weighted by Crippen LogP contribution is 2.66. The summed E-state index contributed by atoms with van der Waals surface area (Å²) in [5.41, 5.74) is 11.9. The zero-order valence-electron chi connectivity index (χ0n) is 27.4. The molecule has 45 heavy (non-hydrogen) atoms. The number of likely N-dealkylation sites (N-methyl/N-ethyl adjacent to an activating group) is 1. The van der Waals surface area contributed by atoms with Crippen molar-refractivity contribution < 1.29 is 14.3 Å². The van der Waals surface area contributed by atoms with Crippen LogP contribution in [0.25, 0.3) is 22.2 Å². The van der Waals surface area contributed by atoms with Crippen molar-refractivity contribution in [2.45, 2.75) is 88.8 Å². The van der Waals surface area contributed by atoms with Crippen LogP contribution in [0.1, 0.15) is 91.6 Å². The molecule has 3 N–H and O–H groups in total. The Balaban J connectivity index is 0.00000115. The van der Waals surface area contributed by atoms with Gasteiger partial charge in [-0.25, -0.2) is 0 Å². The van der Waals surface area contributed by atoms with Gasteiger partial charge in [-0.3, -0.25) is 14.3 Å². The van der Waals surface area contributed by atoms with E-state index >= 15 is 0 Å². The first-order valence-corrected chi connectivity index (χ1v) is 17.0. The van der Waals surface area contributed by atoms with Gasteiger partial charge < -0.3 is 24.8 Å². The van der Waals surface area contributed by atoms with Gasteiger partial charge in [-0.05, 0) is 108 Å². The predicted octanol–water partition coefficient (Wildman–Crippen LogP) is 5.94. The summed E-state index contributed by atoms with van der Waals surface area (Å²) in [6, 6.07) is 12.9. The number of ether oxygens (including phenoxy) is 1. The molecular weight excluding hydrogens is 582 g/mol. The number of primary amides is 1. The summed E-state index contributed by atoms with van der Waals surface area (Å²) in [4.78, 5) is 31.7. The number of benzene rings is 2. The smallest absolute Gasteiger partial charge is 0.248 e. The Morgan fingerprint density at radius 1 is 1.09 bits per heavy atom. The third-order valence-corrected chi connectivity index (χ3v) is 10.8. The first kappa shape index (κ1) is 32.0. The number of likely N-dealkylation sites (tertiary alicyclic amines) is 1. The minimum absolute atomic E-state index is 0.136. The molecule has 0 spiro atoms. The lowest BCUT2D eigenvalue weighted by atomic mass is 9.81. The van der Waals surface area contributed by atoms with Crippen molar-refractivity contribution in [1.82, 2.24) is 19.1 Å². The number of hydrogen-bond donors (Lipinski definition) is 3. The highest BCUT2D eigenvalue weighted by Gasteiger charge is 2.65. The van der Waals surface area contributed by atoms with Crippen LogP contribution in [0.15, 0.2) is 36.4 Å². The van der Waals surface area contributed by atoms with Crippen molar-refractivity contribution in [3.8, 4) is 17.0 Å². The zero-order chi connectivity index (χ0) is 32.0. The van der Waals surface area contributed by atoms with Gasteiger partial charge in [-0.15, -0.1) is 0 Å². The second-order valence-electron chi connectivity index (χ2n) is 13.9. The van der Waals surface area contributed by atoms with Crippen LogP contribution < -0.4 is 15.2 Å². The standard InChI is InChI=1S/C35H44N4O3.CH5NS/c1-21-10-12-24(19-37(2)3)39(21)34(41)35-18-29(35)28-17-25(42-4)13-15-26(28)32-31(22-8-6-5-7-9-22)27-14-11-23(33(36)40)16-30(27)38(32)20-35;1-2-3/h11,13-17,21-22,24,29H,5-10,12,18-20H2,1-4H3,(H2,36,40);2-3H,1H3. The number of carbonyl (C=O) groups is 2. The largest absolute Gasteiger partial charge is 0.497 e. The van der Waals surface area contributed by atoms with E-state index in [9.17, 15) is 9.59 Å². The SMILES string of the molecule is CNS.COc1ccc2c(c1)C1CC1(C(=O)N1C(C)CCC1CN(C)C)Cn1c-2c(C2CCCCC2)c2ccc(C(N)=O)cc21. The van der Waals surface area contributed by atoms with Gasteiger partial charge in [-0.2, -0.15) is 0 Å². The summed E-state index contributed by atoms with van der Waals surface area (Å²) in [6.07, 6.45) is 9.00. The van der Waals surface area contributed by atoms with E-state index in [-0.39, 0.29) is 23.9 Å². The van der Waals surface area contributed by atoms with E-state index in [2.05, 4.69) is 77.2 Å². The number of fused-ring (bicyclic) bond motifs is 7. The van der Waals surface area contributed by atoms with Crippen molar-refractivity contribution in [3.05, 3.63) is 53.1 Å². The number of nitrogens with zero attached hydrogens (tertiary/aromatic N) is 3. The molecular formula is C36H49N5O3S. The number of rotatable bonds is 6. The Morgan fingerprint density at radius 3 is 2.49 bits per heavy atom. The summed E-state index contributed by atoms with van der Waals surface area (Å²) in [5, 5.41) is 1.20. The second kappa shape index (κ2) is 12.6. The van der Waals surface area contributed by atoms with Gasteiger partial charge >= 0.3 is 0 Å². The molecule has 4 unspecified atom stereocenters. The van der Waals surface area contributed by atoms with Crippen LogP contribution in [-0.2, 0) is 11.3 Å². The monoisotopic (exact) mass is 631 g/mol. The summed E-state index contributed by atoms with van der Waals surface area (Å²) in [6.45, 7) is 3.71. The van der Waals surface area contributed by atoms with Crippen LogP contribution in [0, 0.1) is 5.41 Å². The summed E-state index contributed by atoms with van der Waals surface area (Å²) in [7, 11) is 7.65. The van der Waals surface area contributed by atoms with Gasteiger partial charge in [0.1, 0.15) is 5.75 Å². The summed E-state index contributed by atoms with van der Waals surface area (Å²) in [5.74, 6) is 1.30. The Hall–Kier alpha value is -3.01. The van der Waals surface area contributed by atoms with Gasteiger partial charge in [-0.1, -0.05) is 38.1 Å². The van der Waals surface area contributed by atoms with Crippen LogP contribution in [0.3, 0.4) is 0 Å².